The number of nitrogens with one attached hydrogen (secondary N) is 1. The topological polar surface area (TPSA) is 55.4 Å². The molecule has 1 N–H and O–H groups in total. The summed E-state index contributed by atoms with van der Waals surface area (Å²) in [4.78, 5) is 7.37. The smallest absolute Gasteiger partial charge is 0.263 e. The van der Waals surface area contributed by atoms with Gasteiger partial charge in [-0.1, -0.05) is 41.5 Å². The van der Waals surface area contributed by atoms with Gasteiger partial charge in [0.2, 0.25) is 0 Å². The zero-order valence-corrected chi connectivity index (χ0v) is 10.8. The highest BCUT2D eigenvalue weighted by Gasteiger charge is 2.22. The van der Waals surface area contributed by atoms with Crippen LogP contribution in [0.4, 0.5) is 0 Å². The number of rotatable bonds is 4. The van der Waals surface area contributed by atoms with Gasteiger partial charge < -0.3 is 0 Å². The molecule has 0 heterocycles. The zero-order valence-electron chi connectivity index (χ0n) is 9.23. The fraction of sp³-hybridized carbons (Fsp3) is 0.455. The quantitative estimate of drug-likeness (QED) is 0.859. The van der Waals surface area contributed by atoms with Gasteiger partial charge >= 0.3 is 0 Å². The van der Waals surface area contributed by atoms with Crippen molar-refractivity contribution in [2.24, 2.45) is 0 Å². The molecule has 0 bridgehead atoms. The normalized spacial score (nSPS) is 17.5. The molecule has 17 heavy (non-hydrogen) atoms. The van der Waals surface area contributed by atoms with Crippen LogP contribution in [-0.2, 0) is 14.9 Å². The SMILES string of the molecule is O=S(=O)(NOC1CCCC1)c1ccccc1Cl. The molecule has 0 amide bonds. The number of hydrogen-bond acceptors (Lipinski definition) is 3. The summed E-state index contributed by atoms with van der Waals surface area (Å²) < 4.78 is 23.8. The summed E-state index contributed by atoms with van der Waals surface area (Å²) in [6.07, 6.45) is 3.93. The van der Waals surface area contributed by atoms with Crippen LogP contribution in [0.2, 0.25) is 5.02 Å². The molecule has 1 fully saturated rings. The molecule has 0 spiro atoms. The fourth-order valence-corrected chi connectivity index (χ4v) is 3.22. The second-order valence-corrected chi connectivity index (χ2v) is 6.06. The first-order chi connectivity index (χ1) is 8.09. The molecule has 0 unspecified atom stereocenters. The second kappa shape index (κ2) is 5.35. The Morgan fingerprint density at radius 3 is 2.53 bits per heavy atom. The van der Waals surface area contributed by atoms with Gasteiger partial charge in [-0.3, -0.25) is 4.84 Å². The minimum absolute atomic E-state index is 0.0211. The molecular formula is C11H14ClNO3S. The van der Waals surface area contributed by atoms with Crippen molar-refractivity contribution in [1.82, 2.24) is 4.89 Å². The van der Waals surface area contributed by atoms with Crippen LogP contribution in [0.3, 0.4) is 0 Å². The van der Waals surface area contributed by atoms with Gasteiger partial charge in [0.05, 0.1) is 11.1 Å². The first-order valence-electron chi connectivity index (χ1n) is 5.51. The van der Waals surface area contributed by atoms with Crippen LogP contribution < -0.4 is 4.89 Å². The zero-order chi connectivity index (χ0) is 12.3. The van der Waals surface area contributed by atoms with E-state index >= 15 is 0 Å². The van der Waals surface area contributed by atoms with Gasteiger partial charge in [-0.25, -0.2) is 8.42 Å². The number of sulfonamides is 1. The summed E-state index contributed by atoms with van der Waals surface area (Å²) in [7, 11) is -3.68. The van der Waals surface area contributed by atoms with Crippen molar-refractivity contribution >= 4 is 21.6 Å². The third-order valence-electron chi connectivity index (χ3n) is 2.75. The summed E-state index contributed by atoms with van der Waals surface area (Å²) >= 11 is 5.83. The summed E-state index contributed by atoms with van der Waals surface area (Å²) in [5.41, 5.74) is 0. The maximum Gasteiger partial charge on any atom is 0.263 e. The molecule has 4 nitrogen and oxygen atoms in total. The maximum absolute atomic E-state index is 11.9. The first-order valence-corrected chi connectivity index (χ1v) is 7.38. The van der Waals surface area contributed by atoms with Gasteiger partial charge in [0.1, 0.15) is 4.90 Å². The van der Waals surface area contributed by atoms with E-state index < -0.39 is 10.0 Å². The molecule has 1 aromatic carbocycles. The monoisotopic (exact) mass is 275 g/mol. The molecule has 1 aromatic rings. The van der Waals surface area contributed by atoms with E-state index in [0.717, 1.165) is 25.7 Å². The van der Waals surface area contributed by atoms with E-state index in [1.807, 2.05) is 0 Å². The van der Waals surface area contributed by atoms with Crippen molar-refractivity contribution in [2.75, 3.05) is 0 Å². The third kappa shape index (κ3) is 3.19. The number of halogens is 1. The van der Waals surface area contributed by atoms with Crippen molar-refractivity contribution in [3.8, 4) is 0 Å². The Morgan fingerprint density at radius 1 is 1.24 bits per heavy atom. The van der Waals surface area contributed by atoms with Gasteiger partial charge in [0.15, 0.2) is 0 Å². The average Bonchev–Trinajstić information content (AvgIpc) is 2.80. The van der Waals surface area contributed by atoms with Gasteiger partial charge in [-0.05, 0) is 25.0 Å². The lowest BCUT2D eigenvalue weighted by molar-refractivity contribution is 0.0223. The molecule has 2 rings (SSSR count). The van der Waals surface area contributed by atoms with E-state index in [2.05, 4.69) is 4.89 Å². The van der Waals surface area contributed by atoms with E-state index in [-0.39, 0.29) is 16.0 Å². The molecule has 94 valence electrons. The molecule has 0 aliphatic heterocycles. The van der Waals surface area contributed by atoms with Crippen molar-refractivity contribution in [3.63, 3.8) is 0 Å². The molecule has 0 radical (unpaired) electrons. The van der Waals surface area contributed by atoms with Gasteiger partial charge in [-0.2, -0.15) is 0 Å². The molecular weight excluding hydrogens is 262 g/mol. The van der Waals surface area contributed by atoms with Crippen LogP contribution in [0.15, 0.2) is 29.2 Å². The lowest BCUT2D eigenvalue weighted by Gasteiger charge is -2.12. The highest BCUT2D eigenvalue weighted by Crippen LogP contribution is 2.23. The van der Waals surface area contributed by atoms with Crippen LogP contribution in [0.25, 0.3) is 0 Å². The standard InChI is InChI=1S/C11H14ClNO3S/c12-10-7-3-4-8-11(10)17(14,15)13-16-9-5-1-2-6-9/h3-4,7-9,13H,1-2,5-6H2. The van der Waals surface area contributed by atoms with Crippen LogP contribution in [0.1, 0.15) is 25.7 Å². The Kier molecular flexibility index (Phi) is 4.04. The van der Waals surface area contributed by atoms with Crippen molar-refractivity contribution in [1.29, 1.82) is 0 Å². The fourth-order valence-electron chi connectivity index (χ4n) is 1.85. The van der Waals surface area contributed by atoms with Crippen molar-refractivity contribution < 1.29 is 13.3 Å². The molecule has 1 aliphatic rings. The van der Waals surface area contributed by atoms with Crippen molar-refractivity contribution in [3.05, 3.63) is 29.3 Å². The minimum atomic E-state index is -3.68. The summed E-state index contributed by atoms with van der Waals surface area (Å²) in [6.45, 7) is 0. The summed E-state index contributed by atoms with van der Waals surface area (Å²) in [6, 6.07) is 6.28. The van der Waals surface area contributed by atoms with Gasteiger partial charge in [0.25, 0.3) is 10.0 Å². The average molecular weight is 276 g/mol. The second-order valence-electron chi connectivity index (χ2n) is 4.04. The van der Waals surface area contributed by atoms with Gasteiger partial charge in [-0.15, -0.1) is 0 Å². The Bertz CT molecular complexity index is 483. The van der Waals surface area contributed by atoms with Crippen LogP contribution in [0.5, 0.6) is 0 Å². The predicted molar refractivity (Wildman–Crippen MR) is 65.1 cm³/mol. The highest BCUT2D eigenvalue weighted by molar-refractivity contribution is 7.89. The largest absolute Gasteiger partial charge is 0.284 e. The molecule has 6 heteroatoms. The van der Waals surface area contributed by atoms with Crippen LogP contribution >= 0.6 is 11.6 Å². The molecule has 0 aromatic heterocycles. The van der Waals surface area contributed by atoms with Crippen LogP contribution in [0, 0.1) is 0 Å². The van der Waals surface area contributed by atoms with E-state index in [4.69, 9.17) is 16.4 Å². The number of benzene rings is 1. The van der Waals surface area contributed by atoms with Crippen molar-refractivity contribution in [2.45, 2.75) is 36.7 Å². The van der Waals surface area contributed by atoms with E-state index in [0.29, 0.717) is 0 Å². The minimum Gasteiger partial charge on any atom is -0.284 e. The Morgan fingerprint density at radius 2 is 1.88 bits per heavy atom. The molecule has 0 atom stereocenters. The molecule has 0 saturated heterocycles. The van der Waals surface area contributed by atoms with Gasteiger partial charge in [0, 0.05) is 0 Å². The maximum atomic E-state index is 11.9. The summed E-state index contributed by atoms with van der Waals surface area (Å²) in [5, 5.41) is 0.190. The molecule has 1 aliphatic carbocycles. The highest BCUT2D eigenvalue weighted by atomic mass is 35.5. The van der Waals surface area contributed by atoms with Crippen LogP contribution in [-0.4, -0.2) is 14.5 Å². The first kappa shape index (κ1) is 12.8. The van der Waals surface area contributed by atoms with E-state index in [9.17, 15) is 8.42 Å². The third-order valence-corrected chi connectivity index (χ3v) is 4.45. The molecule has 1 saturated carbocycles. The lowest BCUT2D eigenvalue weighted by Crippen LogP contribution is -2.28. The van der Waals surface area contributed by atoms with E-state index in [1.54, 1.807) is 12.1 Å². The van der Waals surface area contributed by atoms with E-state index in [1.165, 1.54) is 12.1 Å². The number of hydrogen-bond donors (Lipinski definition) is 1. The Balaban J connectivity index is 2.06. The Labute approximate surface area is 106 Å². The lowest BCUT2D eigenvalue weighted by atomic mass is 10.3. The Hall–Kier alpha value is -0.620. The summed E-state index contributed by atoms with van der Waals surface area (Å²) in [5.74, 6) is 0. The predicted octanol–water partition coefficient (Wildman–Crippen LogP) is 2.49.